The van der Waals surface area contributed by atoms with E-state index in [1.807, 2.05) is 11.7 Å². The maximum atomic E-state index is 5.85. The summed E-state index contributed by atoms with van der Waals surface area (Å²) >= 11 is 8.75. The Kier molecular flexibility index (Phi) is 6.48. The van der Waals surface area contributed by atoms with Crippen molar-refractivity contribution in [3.05, 3.63) is 43.2 Å². The van der Waals surface area contributed by atoms with E-state index in [1.54, 1.807) is 11.3 Å². The van der Waals surface area contributed by atoms with Gasteiger partial charge in [0.15, 0.2) is 0 Å². The zero-order valence-corrected chi connectivity index (χ0v) is 15.1. The Morgan fingerprint density at radius 3 is 2.65 bits per heavy atom. The van der Waals surface area contributed by atoms with E-state index in [4.69, 9.17) is 4.74 Å². The van der Waals surface area contributed by atoms with E-state index in [0.29, 0.717) is 6.61 Å². The highest BCUT2D eigenvalue weighted by atomic mass is 79.9. The van der Waals surface area contributed by atoms with E-state index in [1.165, 1.54) is 5.56 Å². The van der Waals surface area contributed by atoms with Crippen molar-refractivity contribution in [3.63, 3.8) is 0 Å². The van der Waals surface area contributed by atoms with Gasteiger partial charge in [0.25, 0.3) is 0 Å². The van der Waals surface area contributed by atoms with Crippen LogP contribution in [0.2, 0.25) is 0 Å². The molecular weight excluding hydrogens is 404 g/mol. The molecule has 0 aliphatic carbocycles. The average Bonchev–Trinajstić information content (AvgIpc) is 2.91. The van der Waals surface area contributed by atoms with Crippen LogP contribution >= 0.6 is 43.2 Å². The third kappa shape index (κ3) is 4.55. The molecule has 0 saturated heterocycles. The summed E-state index contributed by atoms with van der Waals surface area (Å²) in [5, 5.41) is 3.39. The Labute approximate surface area is 140 Å². The van der Waals surface area contributed by atoms with Crippen LogP contribution in [0.4, 0.5) is 0 Å². The van der Waals surface area contributed by atoms with E-state index < -0.39 is 0 Å². The van der Waals surface area contributed by atoms with E-state index in [-0.39, 0.29) is 0 Å². The summed E-state index contributed by atoms with van der Waals surface area (Å²) in [5.74, 6) is 0.831. The molecule has 1 aromatic carbocycles. The number of aromatic nitrogens is 1. The molecule has 0 atom stereocenters. The molecular formula is C14H16Br2N2OS. The molecule has 1 heterocycles. The second-order valence-electron chi connectivity index (χ2n) is 4.32. The van der Waals surface area contributed by atoms with E-state index in [9.17, 15) is 0 Å². The number of benzene rings is 1. The standard InChI is InChI=1S/C14H16Br2N2OS/c1-2-3-17-6-10-4-12(15)14(13(16)5-10)19-8-11-7-18-9-20-11/h4-5,7,9,17H,2-3,6,8H2,1H3. The van der Waals surface area contributed by atoms with E-state index in [2.05, 4.69) is 61.2 Å². The van der Waals surface area contributed by atoms with Crippen LogP contribution in [0.15, 0.2) is 32.8 Å². The maximum absolute atomic E-state index is 5.85. The van der Waals surface area contributed by atoms with Crippen molar-refractivity contribution < 1.29 is 4.74 Å². The monoisotopic (exact) mass is 418 g/mol. The molecule has 0 fully saturated rings. The van der Waals surface area contributed by atoms with Crippen molar-refractivity contribution in [1.29, 1.82) is 0 Å². The van der Waals surface area contributed by atoms with Crippen molar-refractivity contribution in [3.8, 4) is 5.75 Å². The molecule has 1 N–H and O–H groups in total. The number of hydrogen-bond acceptors (Lipinski definition) is 4. The molecule has 0 aliphatic heterocycles. The quantitative estimate of drug-likeness (QED) is 0.657. The first-order chi connectivity index (χ1) is 9.70. The third-order valence-electron chi connectivity index (χ3n) is 2.66. The minimum Gasteiger partial charge on any atom is -0.486 e. The Morgan fingerprint density at radius 1 is 1.30 bits per heavy atom. The van der Waals surface area contributed by atoms with Crippen LogP contribution in [-0.2, 0) is 13.2 Å². The molecule has 6 heteroatoms. The lowest BCUT2D eigenvalue weighted by Crippen LogP contribution is -2.13. The first-order valence-electron chi connectivity index (χ1n) is 6.39. The molecule has 0 unspecified atom stereocenters. The molecule has 2 rings (SSSR count). The first-order valence-corrected chi connectivity index (χ1v) is 8.86. The van der Waals surface area contributed by atoms with Gasteiger partial charge in [-0.3, -0.25) is 4.98 Å². The fourth-order valence-corrected chi connectivity index (χ4v) is 3.73. The van der Waals surface area contributed by atoms with Gasteiger partial charge in [-0.2, -0.15) is 0 Å². The van der Waals surface area contributed by atoms with Crippen molar-refractivity contribution >= 4 is 43.2 Å². The minimum absolute atomic E-state index is 0.537. The second kappa shape index (κ2) is 8.12. The van der Waals surface area contributed by atoms with Crippen molar-refractivity contribution in [1.82, 2.24) is 10.3 Å². The average molecular weight is 420 g/mol. The highest BCUT2D eigenvalue weighted by Crippen LogP contribution is 2.35. The topological polar surface area (TPSA) is 34.1 Å². The molecule has 20 heavy (non-hydrogen) atoms. The maximum Gasteiger partial charge on any atom is 0.148 e. The van der Waals surface area contributed by atoms with Gasteiger partial charge in [0.1, 0.15) is 12.4 Å². The fourth-order valence-electron chi connectivity index (χ4n) is 1.72. The molecule has 0 amide bonds. The van der Waals surface area contributed by atoms with Crippen LogP contribution in [-0.4, -0.2) is 11.5 Å². The van der Waals surface area contributed by atoms with Crippen molar-refractivity contribution in [2.24, 2.45) is 0 Å². The fraction of sp³-hybridized carbons (Fsp3) is 0.357. The Morgan fingerprint density at radius 2 is 2.05 bits per heavy atom. The van der Waals surface area contributed by atoms with Gasteiger partial charge in [0.05, 0.1) is 19.3 Å². The SMILES string of the molecule is CCCNCc1cc(Br)c(OCc2cncs2)c(Br)c1. The highest BCUT2D eigenvalue weighted by Gasteiger charge is 2.09. The summed E-state index contributed by atoms with van der Waals surface area (Å²) in [6.07, 6.45) is 2.97. The predicted molar refractivity (Wildman–Crippen MR) is 90.3 cm³/mol. The highest BCUT2D eigenvalue weighted by molar-refractivity contribution is 9.11. The van der Waals surface area contributed by atoms with Crippen LogP contribution < -0.4 is 10.1 Å². The van der Waals surface area contributed by atoms with Gasteiger partial charge in [-0.25, -0.2) is 0 Å². The predicted octanol–water partition coefficient (Wildman–Crippen LogP) is 4.75. The molecule has 2 aromatic rings. The van der Waals surface area contributed by atoms with Crippen LogP contribution in [0.5, 0.6) is 5.75 Å². The molecule has 3 nitrogen and oxygen atoms in total. The van der Waals surface area contributed by atoms with Crippen LogP contribution in [0.1, 0.15) is 23.8 Å². The Hall–Kier alpha value is -0.430. The third-order valence-corrected chi connectivity index (χ3v) is 4.59. The number of thiazole rings is 1. The number of nitrogens with zero attached hydrogens (tertiary/aromatic N) is 1. The summed E-state index contributed by atoms with van der Waals surface area (Å²) in [6.45, 7) is 4.59. The summed E-state index contributed by atoms with van der Waals surface area (Å²) in [5.41, 5.74) is 3.04. The number of nitrogens with one attached hydrogen (secondary N) is 1. The van der Waals surface area contributed by atoms with Gasteiger partial charge in [-0.15, -0.1) is 11.3 Å². The number of hydrogen-bond donors (Lipinski definition) is 1. The Bertz CT molecular complexity index is 523. The smallest absolute Gasteiger partial charge is 0.148 e. The summed E-state index contributed by atoms with van der Waals surface area (Å²) in [7, 11) is 0. The zero-order valence-electron chi connectivity index (χ0n) is 11.2. The summed E-state index contributed by atoms with van der Waals surface area (Å²) in [4.78, 5) is 5.15. The van der Waals surface area contributed by atoms with Gasteiger partial charge in [0, 0.05) is 12.7 Å². The number of halogens is 2. The largest absolute Gasteiger partial charge is 0.486 e. The minimum atomic E-state index is 0.537. The number of ether oxygens (including phenoxy) is 1. The second-order valence-corrected chi connectivity index (χ2v) is 7.00. The van der Waals surface area contributed by atoms with E-state index in [0.717, 1.165) is 39.1 Å². The van der Waals surface area contributed by atoms with Crippen LogP contribution in [0.25, 0.3) is 0 Å². The molecule has 0 radical (unpaired) electrons. The molecule has 0 spiro atoms. The molecule has 108 valence electrons. The molecule has 0 bridgehead atoms. The first kappa shape index (κ1) is 15.9. The number of rotatable bonds is 7. The molecule has 0 aliphatic rings. The molecule has 0 saturated carbocycles. The van der Waals surface area contributed by atoms with Crippen LogP contribution in [0, 0.1) is 0 Å². The lowest BCUT2D eigenvalue weighted by molar-refractivity contribution is 0.305. The van der Waals surface area contributed by atoms with Crippen LogP contribution in [0.3, 0.4) is 0 Å². The normalized spacial score (nSPS) is 10.8. The van der Waals surface area contributed by atoms with Crippen molar-refractivity contribution in [2.75, 3.05) is 6.54 Å². The van der Waals surface area contributed by atoms with E-state index >= 15 is 0 Å². The van der Waals surface area contributed by atoms with Gasteiger partial charge in [-0.05, 0) is 62.5 Å². The lowest BCUT2D eigenvalue weighted by Gasteiger charge is -2.12. The summed E-state index contributed by atoms with van der Waals surface area (Å²) < 4.78 is 7.77. The lowest BCUT2D eigenvalue weighted by atomic mass is 10.2. The zero-order chi connectivity index (χ0) is 14.4. The van der Waals surface area contributed by atoms with Crippen molar-refractivity contribution in [2.45, 2.75) is 26.5 Å². The molecule has 1 aromatic heterocycles. The summed E-state index contributed by atoms with van der Waals surface area (Å²) in [6, 6.07) is 4.19. The van der Waals surface area contributed by atoms with Gasteiger partial charge in [0.2, 0.25) is 0 Å². The van der Waals surface area contributed by atoms with Gasteiger partial charge < -0.3 is 10.1 Å². The van der Waals surface area contributed by atoms with Gasteiger partial charge >= 0.3 is 0 Å². The Balaban J connectivity index is 2.02. The van der Waals surface area contributed by atoms with Gasteiger partial charge in [-0.1, -0.05) is 6.92 Å².